The van der Waals surface area contributed by atoms with E-state index >= 15 is 0 Å². The summed E-state index contributed by atoms with van der Waals surface area (Å²) >= 11 is 0. The first-order valence-electron chi connectivity index (χ1n) is 5.13. The Bertz CT molecular complexity index is 206. The van der Waals surface area contributed by atoms with Crippen LogP contribution in [-0.2, 0) is 9.53 Å². The molecule has 2 N–H and O–H groups in total. The van der Waals surface area contributed by atoms with E-state index < -0.39 is 0 Å². The van der Waals surface area contributed by atoms with Crippen LogP contribution < -0.4 is 5.73 Å². The van der Waals surface area contributed by atoms with Crippen molar-refractivity contribution in [2.45, 2.75) is 32.4 Å². The summed E-state index contributed by atoms with van der Waals surface area (Å²) in [6.07, 6.45) is 0.873. The molecule has 1 heterocycles. The molecule has 0 bridgehead atoms. The standard InChI is InChI=1S/C10H20N2O2/c1-7(2)12-5-4-9(11)8(6-12)10(13)14-3/h7-9H,4-6,11H2,1-3H3/t8-,9?/m0/s1. The Balaban J connectivity index is 2.59. The van der Waals surface area contributed by atoms with Gasteiger partial charge in [0, 0.05) is 18.6 Å². The fourth-order valence-electron chi connectivity index (χ4n) is 1.87. The van der Waals surface area contributed by atoms with Crippen LogP contribution in [0.25, 0.3) is 0 Å². The second kappa shape index (κ2) is 4.75. The summed E-state index contributed by atoms with van der Waals surface area (Å²) in [5.41, 5.74) is 5.89. The molecule has 14 heavy (non-hydrogen) atoms. The van der Waals surface area contributed by atoms with E-state index in [0.29, 0.717) is 6.04 Å². The Labute approximate surface area is 85.4 Å². The van der Waals surface area contributed by atoms with Gasteiger partial charge in [0.05, 0.1) is 13.0 Å². The number of rotatable bonds is 2. The predicted octanol–water partition coefficient (Wildman–Crippen LogP) is 0.217. The van der Waals surface area contributed by atoms with Gasteiger partial charge in [0.1, 0.15) is 0 Å². The van der Waals surface area contributed by atoms with E-state index in [0.717, 1.165) is 19.5 Å². The van der Waals surface area contributed by atoms with E-state index in [2.05, 4.69) is 18.7 Å². The smallest absolute Gasteiger partial charge is 0.311 e. The lowest BCUT2D eigenvalue weighted by Crippen LogP contribution is -2.52. The average molecular weight is 200 g/mol. The second-order valence-corrected chi connectivity index (χ2v) is 4.17. The van der Waals surface area contributed by atoms with Gasteiger partial charge in [-0.1, -0.05) is 0 Å². The third-order valence-corrected chi connectivity index (χ3v) is 2.93. The molecule has 1 aliphatic heterocycles. The van der Waals surface area contributed by atoms with Crippen LogP contribution in [0.5, 0.6) is 0 Å². The third kappa shape index (κ3) is 2.45. The zero-order valence-electron chi connectivity index (χ0n) is 9.19. The van der Waals surface area contributed by atoms with Crippen molar-refractivity contribution in [1.82, 2.24) is 4.90 Å². The quantitative estimate of drug-likeness (QED) is 0.648. The number of carbonyl (C=O) groups is 1. The molecule has 0 aromatic heterocycles. The number of piperidine rings is 1. The van der Waals surface area contributed by atoms with Gasteiger partial charge in [-0.15, -0.1) is 0 Å². The van der Waals surface area contributed by atoms with E-state index in [1.807, 2.05) is 0 Å². The van der Waals surface area contributed by atoms with Gasteiger partial charge >= 0.3 is 5.97 Å². The first-order chi connectivity index (χ1) is 6.56. The molecule has 4 nitrogen and oxygen atoms in total. The summed E-state index contributed by atoms with van der Waals surface area (Å²) in [6.45, 7) is 5.97. The maximum atomic E-state index is 11.4. The fourth-order valence-corrected chi connectivity index (χ4v) is 1.87. The minimum atomic E-state index is -0.178. The van der Waals surface area contributed by atoms with Crippen molar-refractivity contribution in [2.75, 3.05) is 20.2 Å². The molecular weight excluding hydrogens is 180 g/mol. The minimum Gasteiger partial charge on any atom is -0.469 e. The van der Waals surface area contributed by atoms with E-state index in [1.165, 1.54) is 7.11 Å². The van der Waals surface area contributed by atoms with Crippen LogP contribution in [0.3, 0.4) is 0 Å². The van der Waals surface area contributed by atoms with Crippen molar-refractivity contribution < 1.29 is 9.53 Å². The Morgan fingerprint density at radius 3 is 2.71 bits per heavy atom. The molecule has 0 radical (unpaired) electrons. The van der Waals surface area contributed by atoms with E-state index in [-0.39, 0.29) is 17.9 Å². The lowest BCUT2D eigenvalue weighted by Gasteiger charge is -2.37. The number of hydrogen-bond donors (Lipinski definition) is 1. The molecule has 0 aromatic rings. The molecule has 2 atom stereocenters. The van der Waals surface area contributed by atoms with Crippen molar-refractivity contribution in [2.24, 2.45) is 11.7 Å². The van der Waals surface area contributed by atoms with Gasteiger partial charge in [-0.2, -0.15) is 0 Å². The van der Waals surface area contributed by atoms with Crippen molar-refractivity contribution in [1.29, 1.82) is 0 Å². The van der Waals surface area contributed by atoms with Gasteiger partial charge in [-0.05, 0) is 26.8 Å². The van der Waals surface area contributed by atoms with Crippen LogP contribution in [0.4, 0.5) is 0 Å². The highest BCUT2D eigenvalue weighted by Crippen LogP contribution is 2.18. The molecule has 1 fully saturated rings. The molecule has 0 aromatic carbocycles. The number of hydrogen-bond acceptors (Lipinski definition) is 4. The lowest BCUT2D eigenvalue weighted by molar-refractivity contribution is -0.148. The SMILES string of the molecule is COC(=O)[C@H]1CN(C(C)C)CCC1N. The topological polar surface area (TPSA) is 55.6 Å². The van der Waals surface area contributed by atoms with Gasteiger partial charge in [-0.25, -0.2) is 0 Å². The number of esters is 1. The van der Waals surface area contributed by atoms with Gasteiger partial charge in [0.15, 0.2) is 0 Å². The zero-order valence-corrected chi connectivity index (χ0v) is 9.19. The summed E-state index contributed by atoms with van der Waals surface area (Å²) in [7, 11) is 1.42. The third-order valence-electron chi connectivity index (χ3n) is 2.93. The molecule has 1 aliphatic rings. The number of carbonyl (C=O) groups excluding carboxylic acids is 1. The average Bonchev–Trinajstić information content (AvgIpc) is 2.17. The van der Waals surface area contributed by atoms with Crippen molar-refractivity contribution in [3.63, 3.8) is 0 Å². The van der Waals surface area contributed by atoms with E-state index in [4.69, 9.17) is 10.5 Å². The van der Waals surface area contributed by atoms with Crippen molar-refractivity contribution in [3.8, 4) is 0 Å². The largest absolute Gasteiger partial charge is 0.469 e. The molecular formula is C10H20N2O2. The summed E-state index contributed by atoms with van der Waals surface area (Å²) in [5.74, 6) is -0.334. The summed E-state index contributed by atoms with van der Waals surface area (Å²) < 4.78 is 4.74. The highest BCUT2D eigenvalue weighted by atomic mass is 16.5. The van der Waals surface area contributed by atoms with Gasteiger partial charge in [0.2, 0.25) is 0 Å². The first-order valence-corrected chi connectivity index (χ1v) is 5.13. The second-order valence-electron chi connectivity index (χ2n) is 4.17. The Kier molecular flexibility index (Phi) is 3.89. The first kappa shape index (κ1) is 11.5. The van der Waals surface area contributed by atoms with Crippen LogP contribution in [0.2, 0.25) is 0 Å². The molecule has 1 unspecified atom stereocenters. The summed E-state index contributed by atoms with van der Waals surface area (Å²) in [4.78, 5) is 13.7. The monoisotopic (exact) mass is 200 g/mol. The highest BCUT2D eigenvalue weighted by Gasteiger charge is 2.33. The Hall–Kier alpha value is -0.610. The Morgan fingerprint density at radius 2 is 2.21 bits per heavy atom. The number of likely N-dealkylation sites (tertiary alicyclic amines) is 1. The zero-order chi connectivity index (χ0) is 10.7. The molecule has 0 amide bonds. The minimum absolute atomic E-state index is 0.0440. The summed E-state index contributed by atoms with van der Waals surface area (Å²) in [6, 6.07) is 0.423. The number of nitrogens with zero attached hydrogens (tertiary/aromatic N) is 1. The van der Waals surface area contributed by atoms with Crippen LogP contribution in [0.15, 0.2) is 0 Å². The van der Waals surface area contributed by atoms with Crippen LogP contribution >= 0.6 is 0 Å². The molecule has 82 valence electrons. The van der Waals surface area contributed by atoms with E-state index in [9.17, 15) is 4.79 Å². The molecule has 0 aliphatic carbocycles. The molecule has 4 heteroatoms. The van der Waals surface area contributed by atoms with E-state index in [1.54, 1.807) is 0 Å². The number of ether oxygens (including phenoxy) is 1. The molecule has 0 spiro atoms. The lowest BCUT2D eigenvalue weighted by atomic mass is 9.92. The summed E-state index contributed by atoms with van der Waals surface area (Å²) in [5, 5.41) is 0. The molecule has 1 saturated heterocycles. The molecule has 1 rings (SSSR count). The van der Waals surface area contributed by atoms with Gasteiger partial charge in [0.25, 0.3) is 0 Å². The Morgan fingerprint density at radius 1 is 1.57 bits per heavy atom. The van der Waals surface area contributed by atoms with Gasteiger partial charge in [-0.3, -0.25) is 9.69 Å². The fraction of sp³-hybridized carbons (Fsp3) is 0.900. The normalized spacial score (nSPS) is 29.2. The molecule has 0 saturated carbocycles. The number of nitrogens with two attached hydrogens (primary N) is 1. The highest BCUT2D eigenvalue weighted by molar-refractivity contribution is 5.73. The number of methoxy groups -OCH3 is 1. The van der Waals surface area contributed by atoms with Gasteiger partial charge < -0.3 is 10.5 Å². The van der Waals surface area contributed by atoms with Crippen LogP contribution in [0, 0.1) is 5.92 Å². The van der Waals surface area contributed by atoms with Crippen LogP contribution in [-0.4, -0.2) is 43.2 Å². The van der Waals surface area contributed by atoms with Crippen LogP contribution in [0.1, 0.15) is 20.3 Å². The predicted molar refractivity (Wildman–Crippen MR) is 54.8 cm³/mol. The maximum absolute atomic E-state index is 11.4. The maximum Gasteiger partial charge on any atom is 0.311 e. The van der Waals surface area contributed by atoms with Crippen molar-refractivity contribution >= 4 is 5.97 Å². The van der Waals surface area contributed by atoms with Crippen molar-refractivity contribution in [3.05, 3.63) is 0 Å².